The summed E-state index contributed by atoms with van der Waals surface area (Å²) < 4.78 is 1.97. The fourth-order valence-corrected chi connectivity index (χ4v) is 2.56. The van der Waals surface area contributed by atoms with Crippen LogP contribution in [0.5, 0.6) is 0 Å². The SMILES string of the molecule is Cc1nn(CC(C)C)c(C)c1CC(=O)N(C)CC(=O)NC(C)(C)C. The van der Waals surface area contributed by atoms with E-state index in [0.29, 0.717) is 5.92 Å². The molecule has 1 aromatic rings. The van der Waals surface area contributed by atoms with Crippen LogP contribution in [0.2, 0.25) is 0 Å². The Morgan fingerprint density at radius 3 is 2.33 bits per heavy atom. The lowest BCUT2D eigenvalue weighted by Crippen LogP contribution is -2.46. The van der Waals surface area contributed by atoms with E-state index in [4.69, 9.17) is 0 Å². The lowest BCUT2D eigenvalue weighted by atomic mass is 10.1. The van der Waals surface area contributed by atoms with Gasteiger partial charge in [0.25, 0.3) is 0 Å². The molecule has 1 rings (SSSR count). The standard InChI is InChI=1S/C18H32N4O2/c1-12(2)10-22-14(4)15(13(3)20-22)9-17(24)21(8)11-16(23)19-18(5,6)7/h12H,9-11H2,1-8H3,(H,19,23). The third kappa shape index (κ3) is 5.98. The van der Waals surface area contributed by atoms with Crippen LogP contribution in [-0.4, -0.2) is 45.6 Å². The molecule has 6 heteroatoms. The van der Waals surface area contributed by atoms with Crippen molar-refractivity contribution in [2.45, 2.75) is 67.0 Å². The molecule has 0 saturated carbocycles. The van der Waals surface area contributed by atoms with Crippen LogP contribution in [0.1, 0.15) is 51.6 Å². The second-order valence-electron chi connectivity index (χ2n) is 7.95. The van der Waals surface area contributed by atoms with Crippen molar-refractivity contribution < 1.29 is 9.59 Å². The average molecular weight is 336 g/mol. The maximum Gasteiger partial charge on any atom is 0.240 e. The molecule has 1 aromatic heterocycles. The van der Waals surface area contributed by atoms with Crippen molar-refractivity contribution >= 4 is 11.8 Å². The molecule has 0 saturated heterocycles. The van der Waals surface area contributed by atoms with Gasteiger partial charge in [0.1, 0.15) is 0 Å². The van der Waals surface area contributed by atoms with Crippen molar-refractivity contribution in [1.29, 1.82) is 0 Å². The van der Waals surface area contributed by atoms with Crippen LogP contribution >= 0.6 is 0 Å². The summed E-state index contributed by atoms with van der Waals surface area (Å²) in [5.41, 5.74) is 2.58. The van der Waals surface area contributed by atoms with Crippen LogP contribution in [0.4, 0.5) is 0 Å². The lowest BCUT2D eigenvalue weighted by molar-refractivity contribution is -0.134. The topological polar surface area (TPSA) is 67.2 Å². The highest BCUT2D eigenvalue weighted by molar-refractivity contribution is 5.86. The van der Waals surface area contributed by atoms with Crippen molar-refractivity contribution in [3.05, 3.63) is 17.0 Å². The highest BCUT2D eigenvalue weighted by atomic mass is 16.2. The molecule has 6 nitrogen and oxygen atoms in total. The Morgan fingerprint density at radius 1 is 1.25 bits per heavy atom. The van der Waals surface area contributed by atoms with E-state index in [1.807, 2.05) is 39.3 Å². The molecule has 24 heavy (non-hydrogen) atoms. The minimum atomic E-state index is -0.299. The third-order valence-electron chi connectivity index (χ3n) is 3.72. The minimum Gasteiger partial charge on any atom is -0.350 e. The van der Waals surface area contributed by atoms with E-state index in [2.05, 4.69) is 24.3 Å². The van der Waals surface area contributed by atoms with Crippen LogP contribution < -0.4 is 5.32 Å². The van der Waals surface area contributed by atoms with E-state index in [1.54, 1.807) is 7.05 Å². The summed E-state index contributed by atoms with van der Waals surface area (Å²) in [7, 11) is 1.66. The van der Waals surface area contributed by atoms with Gasteiger partial charge in [-0.2, -0.15) is 5.10 Å². The molecule has 1 N–H and O–H groups in total. The predicted octanol–water partition coefficient (Wildman–Crippen LogP) is 2.07. The highest BCUT2D eigenvalue weighted by Gasteiger charge is 2.21. The molecule has 0 aliphatic carbocycles. The Hall–Kier alpha value is -1.85. The number of carbonyl (C=O) groups is 2. The van der Waals surface area contributed by atoms with Crippen LogP contribution in [0.25, 0.3) is 0 Å². The second kappa shape index (κ2) is 7.81. The normalized spacial score (nSPS) is 11.7. The van der Waals surface area contributed by atoms with Gasteiger partial charge < -0.3 is 10.2 Å². The van der Waals surface area contributed by atoms with Gasteiger partial charge in [-0.25, -0.2) is 0 Å². The molecule has 1 heterocycles. The van der Waals surface area contributed by atoms with Gasteiger partial charge in [-0.05, 0) is 40.5 Å². The summed E-state index contributed by atoms with van der Waals surface area (Å²) in [4.78, 5) is 25.9. The molecule has 0 bridgehead atoms. The van der Waals surface area contributed by atoms with Crippen LogP contribution in [-0.2, 0) is 22.6 Å². The average Bonchev–Trinajstić information content (AvgIpc) is 2.63. The number of likely N-dealkylation sites (N-methyl/N-ethyl adjacent to an activating group) is 1. The van der Waals surface area contributed by atoms with E-state index in [0.717, 1.165) is 23.5 Å². The zero-order chi connectivity index (χ0) is 18.7. The first kappa shape index (κ1) is 20.2. The van der Waals surface area contributed by atoms with Crippen molar-refractivity contribution in [2.24, 2.45) is 5.92 Å². The summed E-state index contributed by atoms with van der Waals surface area (Å²) in [5, 5.41) is 7.41. The van der Waals surface area contributed by atoms with Crippen molar-refractivity contribution in [3.8, 4) is 0 Å². The molecule has 0 spiro atoms. The highest BCUT2D eigenvalue weighted by Crippen LogP contribution is 2.16. The largest absolute Gasteiger partial charge is 0.350 e. The molecule has 0 aliphatic heterocycles. The number of amides is 2. The Balaban J connectivity index is 2.74. The maximum atomic E-state index is 12.5. The van der Waals surface area contributed by atoms with Gasteiger partial charge in [0.2, 0.25) is 11.8 Å². The quantitative estimate of drug-likeness (QED) is 0.865. The molecule has 0 aliphatic rings. The van der Waals surface area contributed by atoms with E-state index in [1.165, 1.54) is 4.90 Å². The Labute approximate surface area is 145 Å². The van der Waals surface area contributed by atoms with E-state index in [9.17, 15) is 9.59 Å². The summed E-state index contributed by atoms with van der Waals surface area (Å²) in [6.45, 7) is 14.9. The number of hydrogen-bond donors (Lipinski definition) is 1. The summed E-state index contributed by atoms with van der Waals surface area (Å²) >= 11 is 0. The van der Waals surface area contributed by atoms with Gasteiger partial charge in [-0.15, -0.1) is 0 Å². The fraction of sp³-hybridized carbons (Fsp3) is 0.722. The first-order valence-corrected chi connectivity index (χ1v) is 8.48. The number of aromatic nitrogens is 2. The molecular weight excluding hydrogens is 304 g/mol. The Bertz CT molecular complexity index is 597. The lowest BCUT2D eigenvalue weighted by Gasteiger charge is -2.23. The molecule has 136 valence electrons. The first-order valence-electron chi connectivity index (χ1n) is 8.48. The maximum absolute atomic E-state index is 12.5. The Morgan fingerprint density at radius 2 is 1.83 bits per heavy atom. The summed E-state index contributed by atoms with van der Waals surface area (Å²) in [6, 6.07) is 0. The zero-order valence-corrected chi connectivity index (χ0v) is 16.4. The van der Waals surface area contributed by atoms with Crippen LogP contribution in [0.3, 0.4) is 0 Å². The number of aryl methyl sites for hydroxylation is 1. The number of nitrogens with zero attached hydrogens (tertiary/aromatic N) is 3. The van der Waals surface area contributed by atoms with E-state index in [-0.39, 0.29) is 30.3 Å². The van der Waals surface area contributed by atoms with Crippen molar-refractivity contribution in [1.82, 2.24) is 20.0 Å². The van der Waals surface area contributed by atoms with Gasteiger partial charge in [-0.1, -0.05) is 13.8 Å². The van der Waals surface area contributed by atoms with Gasteiger partial charge >= 0.3 is 0 Å². The van der Waals surface area contributed by atoms with Gasteiger partial charge in [0.15, 0.2) is 0 Å². The van der Waals surface area contributed by atoms with Gasteiger partial charge in [0.05, 0.1) is 18.7 Å². The number of rotatable bonds is 6. The number of hydrogen-bond acceptors (Lipinski definition) is 3. The monoisotopic (exact) mass is 336 g/mol. The smallest absolute Gasteiger partial charge is 0.240 e. The molecule has 0 unspecified atom stereocenters. The fourth-order valence-electron chi connectivity index (χ4n) is 2.56. The van der Waals surface area contributed by atoms with Crippen molar-refractivity contribution in [3.63, 3.8) is 0 Å². The Kier molecular flexibility index (Phi) is 6.58. The second-order valence-corrected chi connectivity index (χ2v) is 7.95. The number of carbonyl (C=O) groups excluding carboxylic acids is 2. The van der Waals surface area contributed by atoms with Crippen LogP contribution in [0.15, 0.2) is 0 Å². The van der Waals surface area contributed by atoms with Crippen LogP contribution in [0, 0.1) is 19.8 Å². The zero-order valence-electron chi connectivity index (χ0n) is 16.4. The molecular formula is C18H32N4O2. The van der Waals surface area contributed by atoms with Gasteiger partial charge in [0, 0.05) is 30.4 Å². The predicted molar refractivity (Wildman–Crippen MR) is 95.8 cm³/mol. The minimum absolute atomic E-state index is 0.0638. The molecule has 2 amide bonds. The van der Waals surface area contributed by atoms with E-state index >= 15 is 0 Å². The van der Waals surface area contributed by atoms with E-state index < -0.39 is 0 Å². The molecule has 0 radical (unpaired) electrons. The molecule has 0 atom stereocenters. The third-order valence-corrected chi connectivity index (χ3v) is 3.72. The number of nitrogens with one attached hydrogen (secondary N) is 1. The van der Waals surface area contributed by atoms with Crippen molar-refractivity contribution in [2.75, 3.05) is 13.6 Å². The summed E-state index contributed by atoms with van der Waals surface area (Å²) in [5.74, 6) is 0.270. The molecule has 0 aromatic carbocycles. The summed E-state index contributed by atoms with van der Waals surface area (Å²) in [6.07, 6.45) is 0.273. The first-order chi connectivity index (χ1) is 10.9. The molecule has 0 fully saturated rings. The van der Waals surface area contributed by atoms with Gasteiger partial charge in [-0.3, -0.25) is 14.3 Å².